The topological polar surface area (TPSA) is 76.1 Å². The fourth-order valence-electron chi connectivity index (χ4n) is 3.78. The first-order chi connectivity index (χ1) is 13.4. The largest absolute Gasteiger partial charge is 0.497 e. The van der Waals surface area contributed by atoms with Gasteiger partial charge in [0.05, 0.1) is 26.7 Å². The summed E-state index contributed by atoms with van der Waals surface area (Å²) in [5.41, 5.74) is 2.10. The van der Waals surface area contributed by atoms with Gasteiger partial charge in [-0.1, -0.05) is 18.2 Å². The number of aromatic amines is 1. The molecule has 3 aromatic rings. The van der Waals surface area contributed by atoms with Crippen LogP contribution in [-0.2, 0) is 20.1 Å². The molecule has 1 aliphatic heterocycles. The first-order valence-electron chi connectivity index (χ1n) is 9.23. The van der Waals surface area contributed by atoms with Gasteiger partial charge in [-0.25, -0.2) is 19.2 Å². The smallest absolute Gasteiger partial charge is 0.364 e. The molecule has 146 valence electrons. The van der Waals surface area contributed by atoms with Crippen molar-refractivity contribution in [3.63, 3.8) is 0 Å². The summed E-state index contributed by atoms with van der Waals surface area (Å²) in [7, 11) is 3.32. The van der Waals surface area contributed by atoms with Gasteiger partial charge in [0.15, 0.2) is 0 Å². The number of benzene rings is 1. The molecule has 8 nitrogen and oxygen atoms in total. The molecule has 3 heterocycles. The molecule has 0 fully saturated rings. The number of methoxy groups -OCH3 is 1. The Morgan fingerprint density at radius 3 is 2.86 bits per heavy atom. The third kappa shape index (κ3) is 2.72. The molecule has 0 atom stereocenters. The maximum absolute atomic E-state index is 13.1. The summed E-state index contributed by atoms with van der Waals surface area (Å²) in [5, 5.41) is 0. The van der Waals surface area contributed by atoms with Crippen molar-refractivity contribution in [3.8, 4) is 5.75 Å². The lowest BCUT2D eigenvalue weighted by atomic mass is 10.2. The number of imidazole rings is 1. The van der Waals surface area contributed by atoms with E-state index in [-0.39, 0.29) is 17.8 Å². The Morgan fingerprint density at radius 1 is 1.36 bits per heavy atom. The first-order valence-corrected chi connectivity index (χ1v) is 9.23. The van der Waals surface area contributed by atoms with E-state index in [1.807, 2.05) is 28.8 Å². The lowest BCUT2D eigenvalue weighted by Gasteiger charge is -2.22. The van der Waals surface area contributed by atoms with Gasteiger partial charge in [0.2, 0.25) is 11.2 Å². The van der Waals surface area contributed by atoms with Gasteiger partial charge in [0.25, 0.3) is 5.56 Å². The van der Waals surface area contributed by atoms with E-state index in [2.05, 4.69) is 16.5 Å². The first kappa shape index (κ1) is 18.1. The Balaban J connectivity index is 1.97. The van der Waals surface area contributed by atoms with E-state index in [0.29, 0.717) is 17.7 Å². The van der Waals surface area contributed by atoms with Gasteiger partial charge in [0.1, 0.15) is 11.4 Å². The minimum absolute atomic E-state index is 0.210. The average Bonchev–Trinajstić information content (AvgIpc) is 3.09. The van der Waals surface area contributed by atoms with Crippen molar-refractivity contribution >= 4 is 22.8 Å². The van der Waals surface area contributed by atoms with Gasteiger partial charge < -0.3 is 4.74 Å². The molecule has 1 aromatic carbocycles. The number of anilines is 2. The van der Waals surface area contributed by atoms with Crippen LogP contribution in [-0.4, -0.2) is 27.8 Å². The average molecular weight is 382 g/mol. The van der Waals surface area contributed by atoms with Crippen LogP contribution in [0.4, 0.5) is 11.6 Å². The predicted molar refractivity (Wildman–Crippen MR) is 107 cm³/mol. The molecule has 8 heteroatoms. The van der Waals surface area contributed by atoms with E-state index in [1.54, 1.807) is 21.1 Å². The Morgan fingerprint density at radius 2 is 2.14 bits per heavy atom. The van der Waals surface area contributed by atoms with Crippen LogP contribution in [0.25, 0.3) is 11.2 Å². The van der Waals surface area contributed by atoms with Crippen LogP contribution in [0.15, 0.2) is 46.0 Å². The van der Waals surface area contributed by atoms with Crippen LogP contribution in [0.5, 0.6) is 5.75 Å². The normalized spacial score (nSPS) is 13.6. The lowest BCUT2D eigenvalue weighted by molar-refractivity contribution is -0.663. The number of nitrogens with zero attached hydrogens (tertiary/aromatic N) is 4. The van der Waals surface area contributed by atoms with Crippen molar-refractivity contribution in [2.45, 2.75) is 26.4 Å². The highest BCUT2D eigenvalue weighted by molar-refractivity contribution is 5.70. The quantitative estimate of drug-likeness (QED) is 0.547. The minimum atomic E-state index is -0.354. The fourth-order valence-corrected chi connectivity index (χ4v) is 3.78. The van der Waals surface area contributed by atoms with E-state index >= 15 is 0 Å². The summed E-state index contributed by atoms with van der Waals surface area (Å²) in [4.78, 5) is 31.3. The zero-order chi connectivity index (χ0) is 20.0. The second-order valence-corrected chi connectivity index (χ2v) is 7.19. The van der Waals surface area contributed by atoms with E-state index in [1.165, 1.54) is 9.13 Å². The number of rotatable bonds is 4. The number of H-pyrrole nitrogens is 1. The van der Waals surface area contributed by atoms with Crippen molar-refractivity contribution in [3.05, 3.63) is 57.3 Å². The molecule has 28 heavy (non-hydrogen) atoms. The fraction of sp³-hybridized carbons (Fsp3) is 0.350. The highest BCUT2D eigenvalue weighted by atomic mass is 16.5. The van der Waals surface area contributed by atoms with Crippen LogP contribution < -0.4 is 25.5 Å². The number of fused-ring (bicyclic) bond motifs is 3. The van der Waals surface area contributed by atoms with Crippen LogP contribution in [0, 0.1) is 0 Å². The molecule has 1 aliphatic rings. The summed E-state index contributed by atoms with van der Waals surface area (Å²) >= 11 is 0. The maximum Gasteiger partial charge on any atom is 0.364 e. The Hall–Kier alpha value is -3.29. The molecule has 1 N–H and O–H groups in total. The standard InChI is InChI=1S/C20H23N5O3/c1-13(2)12-25-18(26)16-17(22(3)20(25)27)21-19-23(9-6-10-24(16)19)14-7-5-8-15(11-14)28-4/h5,7-8,11H,1,6,9-10,12H2,2-4H3/p+1. The van der Waals surface area contributed by atoms with E-state index < -0.39 is 0 Å². The molecule has 0 unspecified atom stereocenters. The summed E-state index contributed by atoms with van der Waals surface area (Å²) in [6.45, 7) is 7.36. The monoisotopic (exact) mass is 382 g/mol. The highest BCUT2D eigenvalue weighted by Crippen LogP contribution is 2.28. The van der Waals surface area contributed by atoms with Crippen molar-refractivity contribution in [2.75, 3.05) is 18.6 Å². The Labute approximate surface area is 161 Å². The van der Waals surface area contributed by atoms with Gasteiger partial charge >= 0.3 is 11.6 Å². The number of allylic oxidation sites excluding steroid dienone is 1. The van der Waals surface area contributed by atoms with Gasteiger partial charge in [-0.15, -0.1) is 0 Å². The predicted octanol–water partition coefficient (Wildman–Crippen LogP) is 1.44. The third-order valence-electron chi connectivity index (χ3n) is 5.09. The molecule has 0 saturated carbocycles. The van der Waals surface area contributed by atoms with Crippen molar-refractivity contribution < 1.29 is 9.30 Å². The zero-order valence-electron chi connectivity index (χ0n) is 16.4. The van der Waals surface area contributed by atoms with Gasteiger partial charge in [-0.2, -0.15) is 0 Å². The highest BCUT2D eigenvalue weighted by Gasteiger charge is 2.33. The van der Waals surface area contributed by atoms with E-state index in [9.17, 15) is 9.59 Å². The summed E-state index contributed by atoms with van der Waals surface area (Å²) < 4.78 is 10.1. The van der Waals surface area contributed by atoms with Crippen LogP contribution in [0.1, 0.15) is 13.3 Å². The molecule has 0 spiro atoms. The molecule has 0 aliphatic carbocycles. The van der Waals surface area contributed by atoms with Crippen molar-refractivity contribution in [2.24, 2.45) is 7.05 Å². The summed E-state index contributed by atoms with van der Waals surface area (Å²) in [6, 6.07) is 7.79. The third-order valence-corrected chi connectivity index (χ3v) is 5.09. The Kier molecular flexibility index (Phi) is 4.33. The van der Waals surface area contributed by atoms with Gasteiger partial charge in [-0.05, 0) is 19.1 Å². The van der Waals surface area contributed by atoms with Crippen LogP contribution >= 0.6 is 0 Å². The molecule has 0 radical (unpaired) electrons. The Bertz CT molecular complexity index is 1200. The number of hydrogen-bond acceptors (Lipinski definition) is 4. The zero-order valence-corrected chi connectivity index (χ0v) is 16.4. The van der Waals surface area contributed by atoms with E-state index in [0.717, 1.165) is 35.9 Å². The van der Waals surface area contributed by atoms with Gasteiger partial charge in [-0.3, -0.25) is 13.9 Å². The van der Waals surface area contributed by atoms with Gasteiger partial charge in [0, 0.05) is 19.5 Å². The van der Waals surface area contributed by atoms with Crippen molar-refractivity contribution in [1.29, 1.82) is 0 Å². The van der Waals surface area contributed by atoms with E-state index in [4.69, 9.17) is 4.74 Å². The number of ether oxygens (including phenoxy) is 1. The molecule has 4 rings (SSSR count). The summed E-state index contributed by atoms with van der Waals surface area (Å²) in [6.07, 6.45) is 0.880. The molecular formula is C20H24N5O3+. The van der Waals surface area contributed by atoms with Crippen molar-refractivity contribution in [1.82, 2.24) is 14.1 Å². The van der Waals surface area contributed by atoms with Crippen LogP contribution in [0.2, 0.25) is 0 Å². The SMILES string of the molecule is C=C(C)Cn1c(=O)c2c([nH]c3[n+]2CCCN3c2cccc(OC)c2)n(C)c1=O. The summed E-state index contributed by atoms with van der Waals surface area (Å²) in [5.74, 6) is 1.55. The molecule has 2 aromatic heterocycles. The number of aromatic nitrogens is 4. The number of nitrogens with one attached hydrogen (secondary N) is 1. The molecular weight excluding hydrogens is 358 g/mol. The number of hydrogen-bond donors (Lipinski definition) is 1. The number of aryl methyl sites for hydroxylation is 2. The maximum atomic E-state index is 13.1. The molecule has 0 bridgehead atoms. The van der Waals surface area contributed by atoms with Crippen LogP contribution in [0.3, 0.4) is 0 Å². The minimum Gasteiger partial charge on any atom is -0.497 e. The molecule has 0 amide bonds. The lowest BCUT2D eigenvalue weighted by Crippen LogP contribution is -2.49. The second kappa shape index (κ2) is 6.70. The second-order valence-electron chi connectivity index (χ2n) is 7.19. The molecule has 0 saturated heterocycles.